The summed E-state index contributed by atoms with van der Waals surface area (Å²) in [6.45, 7) is 2.48. The van der Waals surface area contributed by atoms with Crippen molar-refractivity contribution in [2.45, 2.75) is 19.8 Å². The van der Waals surface area contributed by atoms with E-state index >= 15 is 0 Å². The highest BCUT2D eigenvalue weighted by molar-refractivity contribution is 6.06. The van der Waals surface area contributed by atoms with E-state index in [0.717, 1.165) is 22.4 Å². The maximum absolute atomic E-state index is 12.7. The highest BCUT2D eigenvalue weighted by Gasteiger charge is 2.22. The molecule has 2 heterocycles. The molecule has 8 heteroatoms. The predicted octanol–water partition coefficient (Wildman–Crippen LogP) is 2.21. The van der Waals surface area contributed by atoms with Gasteiger partial charge in [-0.3, -0.25) is 14.4 Å². The molecule has 1 saturated heterocycles. The van der Waals surface area contributed by atoms with Gasteiger partial charge in [0, 0.05) is 31.1 Å². The second-order valence-electron chi connectivity index (χ2n) is 7.16. The third-order valence-corrected chi connectivity index (χ3v) is 5.15. The first-order chi connectivity index (χ1) is 14.5. The molecule has 0 saturated carbocycles. The summed E-state index contributed by atoms with van der Waals surface area (Å²) in [6.07, 6.45) is 1.42. The number of rotatable bonds is 4. The molecule has 1 aliphatic rings. The summed E-state index contributed by atoms with van der Waals surface area (Å²) in [6, 6.07) is 14.3. The molecular weight excluding hydrogens is 382 g/mol. The number of fused-ring (bicyclic) bond motifs is 1. The fourth-order valence-electron chi connectivity index (χ4n) is 3.54. The number of amides is 2. The number of aryl methyl sites for hydroxylation is 1. The Balaban J connectivity index is 1.59. The van der Waals surface area contributed by atoms with Gasteiger partial charge in [0.2, 0.25) is 5.91 Å². The van der Waals surface area contributed by atoms with Gasteiger partial charge in [0.15, 0.2) is 5.69 Å². The lowest BCUT2D eigenvalue weighted by molar-refractivity contribution is -0.117. The smallest absolute Gasteiger partial charge is 0.292 e. The molecule has 0 aliphatic carbocycles. The van der Waals surface area contributed by atoms with Crippen LogP contribution in [-0.2, 0) is 11.8 Å². The predicted molar refractivity (Wildman–Crippen MR) is 115 cm³/mol. The lowest BCUT2D eigenvalue weighted by Gasteiger charge is -2.16. The minimum Gasteiger partial charge on any atom is -0.312 e. The molecule has 0 spiro atoms. The molecule has 1 fully saturated rings. The molecule has 1 N–H and O–H groups in total. The Morgan fingerprint density at radius 2 is 1.87 bits per heavy atom. The topological polar surface area (TPSA) is 96.7 Å². The van der Waals surface area contributed by atoms with Gasteiger partial charge in [-0.25, -0.2) is 10.1 Å². The van der Waals surface area contributed by atoms with E-state index < -0.39 is 5.91 Å². The van der Waals surface area contributed by atoms with Crippen LogP contribution in [0.4, 0.5) is 5.69 Å². The lowest BCUT2D eigenvalue weighted by Crippen LogP contribution is -2.27. The summed E-state index contributed by atoms with van der Waals surface area (Å²) in [5.41, 5.74) is 4.59. The van der Waals surface area contributed by atoms with Crippen LogP contribution in [0.2, 0.25) is 0 Å². The van der Waals surface area contributed by atoms with Crippen LogP contribution in [-0.4, -0.2) is 33.9 Å². The van der Waals surface area contributed by atoms with Gasteiger partial charge < -0.3 is 4.90 Å². The minimum atomic E-state index is -0.507. The standard InChI is InChI=1S/C22H21N5O3/c1-14(15-7-5-8-16(13-15)27-12-6-11-19(27)28)23-24-21(29)20-17-9-3-4-10-18(17)22(30)26(2)25-20/h3-5,7-10,13H,6,11-12H2,1-2H3,(H,24,29)/b23-14-. The second-order valence-corrected chi connectivity index (χ2v) is 7.16. The monoisotopic (exact) mass is 403 g/mol. The van der Waals surface area contributed by atoms with E-state index in [1.807, 2.05) is 24.3 Å². The number of hydrogen-bond acceptors (Lipinski definition) is 5. The molecule has 4 rings (SSSR count). The molecule has 3 aromatic rings. The van der Waals surface area contributed by atoms with Crippen molar-refractivity contribution in [1.82, 2.24) is 15.2 Å². The Hall–Kier alpha value is -3.81. The van der Waals surface area contributed by atoms with Gasteiger partial charge in [0.1, 0.15) is 0 Å². The van der Waals surface area contributed by atoms with Crippen molar-refractivity contribution < 1.29 is 9.59 Å². The van der Waals surface area contributed by atoms with Gasteiger partial charge >= 0.3 is 0 Å². The van der Waals surface area contributed by atoms with Crippen LogP contribution in [0.5, 0.6) is 0 Å². The van der Waals surface area contributed by atoms with Crippen LogP contribution in [0.3, 0.4) is 0 Å². The Morgan fingerprint density at radius 3 is 2.60 bits per heavy atom. The van der Waals surface area contributed by atoms with Crippen LogP contribution in [0, 0.1) is 0 Å². The number of hydrogen-bond donors (Lipinski definition) is 1. The number of nitrogens with zero attached hydrogens (tertiary/aromatic N) is 4. The van der Waals surface area contributed by atoms with E-state index in [9.17, 15) is 14.4 Å². The highest BCUT2D eigenvalue weighted by Crippen LogP contribution is 2.22. The first-order valence-electron chi connectivity index (χ1n) is 9.67. The Labute approximate surface area is 172 Å². The molecule has 0 atom stereocenters. The first-order valence-corrected chi connectivity index (χ1v) is 9.67. The maximum Gasteiger partial charge on any atom is 0.292 e. The summed E-state index contributed by atoms with van der Waals surface area (Å²) >= 11 is 0. The van der Waals surface area contributed by atoms with Crippen molar-refractivity contribution in [2.24, 2.45) is 12.1 Å². The molecule has 1 aliphatic heterocycles. The minimum absolute atomic E-state index is 0.114. The van der Waals surface area contributed by atoms with E-state index in [2.05, 4.69) is 15.6 Å². The Bertz CT molecular complexity index is 1240. The summed E-state index contributed by atoms with van der Waals surface area (Å²) in [4.78, 5) is 38.7. The molecule has 8 nitrogen and oxygen atoms in total. The molecule has 152 valence electrons. The van der Waals surface area contributed by atoms with Crippen LogP contribution < -0.4 is 15.9 Å². The SMILES string of the molecule is C/C(=N/NC(=O)c1nn(C)c(=O)c2ccccc12)c1cccc(N2CCCC2=O)c1. The molecule has 0 radical (unpaired) electrons. The van der Waals surface area contributed by atoms with Crippen molar-refractivity contribution in [3.8, 4) is 0 Å². The van der Waals surface area contributed by atoms with Gasteiger partial charge in [-0.2, -0.15) is 10.2 Å². The molecular formula is C22H21N5O3. The second kappa shape index (κ2) is 7.90. The molecule has 1 aromatic heterocycles. The fraction of sp³-hybridized carbons (Fsp3) is 0.227. The largest absolute Gasteiger partial charge is 0.312 e. The summed E-state index contributed by atoms with van der Waals surface area (Å²) in [5, 5.41) is 9.20. The molecule has 30 heavy (non-hydrogen) atoms. The zero-order valence-electron chi connectivity index (χ0n) is 16.8. The van der Waals surface area contributed by atoms with Crippen LogP contribution in [0.25, 0.3) is 10.8 Å². The van der Waals surface area contributed by atoms with Crippen molar-refractivity contribution >= 4 is 34.0 Å². The molecule has 0 bridgehead atoms. The summed E-state index contributed by atoms with van der Waals surface area (Å²) in [7, 11) is 1.51. The quantitative estimate of drug-likeness (QED) is 0.534. The highest BCUT2D eigenvalue weighted by atomic mass is 16.2. The van der Waals surface area contributed by atoms with E-state index in [4.69, 9.17) is 0 Å². The molecule has 2 amide bonds. The lowest BCUT2D eigenvalue weighted by atomic mass is 10.1. The van der Waals surface area contributed by atoms with Crippen LogP contribution >= 0.6 is 0 Å². The van der Waals surface area contributed by atoms with Gasteiger partial charge in [0.25, 0.3) is 11.5 Å². The van der Waals surface area contributed by atoms with Gasteiger partial charge in [-0.15, -0.1) is 0 Å². The third kappa shape index (κ3) is 3.59. The van der Waals surface area contributed by atoms with Gasteiger partial charge in [-0.1, -0.05) is 30.3 Å². The van der Waals surface area contributed by atoms with Crippen molar-refractivity contribution in [3.63, 3.8) is 0 Å². The van der Waals surface area contributed by atoms with E-state index in [0.29, 0.717) is 29.4 Å². The van der Waals surface area contributed by atoms with Crippen molar-refractivity contribution in [2.75, 3.05) is 11.4 Å². The normalized spacial score (nSPS) is 14.4. The number of benzene rings is 2. The zero-order chi connectivity index (χ0) is 21.3. The fourth-order valence-corrected chi connectivity index (χ4v) is 3.54. The van der Waals surface area contributed by atoms with Crippen molar-refractivity contribution in [3.05, 3.63) is 70.1 Å². The van der Waals surface area contributed by atoms with E-state index in [1.165, 1.54) is 7.05 Å². The van der Waals surface area contributed by atoms with Crippen LogP contribution in [0.1, 0.15) is 35.8 Å². The van der Waals surface area contributed by atoms with E-state index in [1.54, 1.807) is 36.1 Å². The van der Waals surface area contributed by atoms with Gasteiger partial charge in [0.05, 0.1) is 11.1 Å². The number of hydrazone groups is 1. The average molecular weight is 403 g/mol. The number of carbonyl (C=O) groups is 2. The zero-order valence-corrected chi connectivity index (χ0v) is 16.8. The summed E-state index contributed by atoms with van der Waals surface area (Å²) < 4.78 is 1.14. The Kier molecular flexibility index (Phi) is 5.14. The third-order valence-electron chi connectivity index (χ3n) is 5.15. The number of anilines is 1. The van der Waals surface area contributed by atoms with Crippen molar-refractivity contribution in [1.29, 1.82) is 0 Å². The first kappa shape index (κ1) is 19.5. The number of aromatic nitrogens is 2. The summed E-state index contributed by atoms with van der Waals surface area (Å²) in [5.74, 6) is -0.394. The average Bonchev–Trinajstić information content (AvgIpc) is 3.20. The maximum atomic E-state index is 12.7. The number of nitrogens with one attached hydrogen (secondary N) is 1. The molecule has 0 unspecified atom stereocenters. The molecule has 2 aromatic carbocycles. The van der Waals surface area contributed by atoms with E-state index in [-0.39, 0.29) is 17.2 Å². The van der Waals surface area contributed by atoms with Crippen LogP contribution in [0.15, 0.2) is 58.4 Å². The number of carbonyl (C=O) groups excluding carboxylic acids is 2. The van der Waals surface area contributed by atoms with Gasteiger partial charge in [-0.05, 0) is 37.1 Å². The Morgan fingerprint density at radius 1 is 1.10 bits per heavy atom.